The average Bonchev–Trinajstić information content (AvgIpc) is 3.10. The van der Waals surface area contributed by atoms with Crippen LogP contribution in [-0.2, 0) is 20.9 Å². The molecule has 0 aliphatic carbocycles. The van der Waals surface area contributed by atoms with E-state index in [1.807, 2.05) is 20.8 Å². The summed E-state index contributed by atoms with van der Waals surface area (Å²) in [4.78, 5) is 48.5. The molecule has 37 heavy (non-hydrogen) atoms. The lowest BCUT2D eigenvalue weighted by molar-refractivity contribution is -0.384. The van der Waals surface area contributed by atoms with Gasteiger partial charge in [-0.05, 0) is 82.0 Å². The Morgan fingerprint density at radius 1 is 1.19 bits per heavy atom. The van der Waals surface area contributed by atoms with Crippen molar-refractivity contribution in [3.8, 4) is 11.5 Å². The fraction of sp³-hybridized carbons (Fsp3) is 0.320. The number of amides is 2. The molecule has 2 amide bonds. The number of imide groups is 1. The van der Waals surface area contributed by atoms with Gasteiger partial charge in [0.05, 0.1) is 27.5 Å². The van der Waals surface area contributed by atoms with Gasteiger partial charge in [-0.2, -0.15) is 0 Å². The third kappa shape index (κ3) is 7.56. The first kappa shape index (κ1) is 28.2. The first-order chi connectivity index (χ1) is 17.6. The van der Waals surface area contributed by atoms with Gasteiger partial charge in [-0.15, -0.1) is 0 Å². The van der Waals surface area contributed by atoms with Crippen LogP contribution in [0.5, 0.6) is 11.5 Å². The Kier molecular flexibility index (Phi) is 9.70. The van der Waals surface area contributed by atoms with Crippen LogP contribution in [0.3, 0.4) is 0 Å². The molecule has 1 fully saturated rings. The minimum absolute atomic E-state index is 0.0128. The molecule has 196 valence electrons. The Hall–Kier alpha value is -3.38. The molecule has 3 rings (SSSR count). The summed E-state index contributed by atoms with van der Waals surface area (Å²) >= 11 is 4.21. The third-order valence-corrected chi connectivity index (χ3v) is 6.39. The van der Waals surface area contributed by atoms with Gasteiger partial charge in [0, 0.05) is 12.1 Å². The van der Waals surface area contributed by atoms with E-state index >= 15 is 0 Å². The van der Waals surface area contributed by atoms with Crippen molar-refractivity contribution in [3.05, 3.63) is 67.0 Å². The molecule has 2 aromatic carbocycles. The normalized spacial score (nSPS) is 14.4. The van der Waals surface area contributed by atoms with E-state index < -0.39 is 28.6 Å². The summed E-state index contributed by atoms with van der Waals surface area (Å²) in [5.74, 6) is -0.269. The summed E-state index contributed by atoms with van der Waals surface area (Å²) in [6, 6.07) is 9.39. The summed E-state index contributed by atoms with van der Waals surface area (Å²) in [6.07, 6.45) is 1.54. The number of hydrogen-bond donors (Lipinski definition) is 0. The predicted molar refractivity (Wildman–Crippen MR) is 141 cm³/mol. The first-order valence-electron chi connectivity index (χ1n) is 11.3. The molecule has 0 unspecified atom stereocenters. The summed E-state index contributed by atoms with van der Waals surface area (Å²) in [6.45, 7) is 5.83. The highest BCUT2D eigenvalue weighted by molar-refractivity contribution is 9.10. The lowest BCUT2D eigenvalue weighted by Gasteiger charge is -2.15. The van der Waals surface area contributed by atoms with E-state index in [-0.39, 0.29) is 29.7 Å². The Labute approximate surface area is 226 Å². The fourth-order valence-electron chi connectivity index (χ4n) is 3.17. The van der Waals surface area contributed by atoms with Crippen molar-refractivity contribution >= 4 is 56.6 Å². The van der Waals surface area contributed by atoms with Gasteiger partial charge < -0.3 is 14.2 Å². The third-order valence-electron chi connectivity index (χ3n) is 4.90. The zero-order valence-corrected chi connectivity index (χ0v) is 22.8. The van der Waals surface area contributed by atoms with Gasteiger partial charge in [-0.25, -0.2) is 0 Å². The zero-order chi connectivity index (χ0) is 27.1. The molecule has 1 heterocycles. The summed E-state index contributed by atoms with van der Waals surface area (Å²) in [5.41, 5.74) is 1.29. The van der Waals surface area contributed by atoms with Gasteiger partial charge in [-0.3, -0.25) is 29.4 Å². The van der Waals surface area contributed by atoms with E-state index in [1.54, 1.807) is 24.3 Å². The second kappa shape index (κ2) is 12.7. The van der Waals surface area contributed by atoms with E-state index in [0.717, 1.165) is 22.2 Å². The van der Waals surface area contributed by atoms with Crippen molar-refractivity contribution in [3.63, 3.8) is 0 Å². The summed E-state index contributed by atoms with van der Waals surface area (Å²) < 4.78 is 17.3. The van der Waals surface area contributed by atoms with Crippen molar-refractivity contribution in [1.29, 1.82) is 0 Å². The number of ether oxygens (including phenoxy) is 3. The molecule has 1 aliphatic heterocycles. The highest BCUT2D eigenvalue weighted by Crippen LogP contribution is 2.39. The van der Waals surface area contributed by atoms with Crippen molar-refractivity contribution < 1.29 is 33.5 Å². The number of halogens is 1. The standard InChI is InChI=1S/C25H25BrN2O8S/c1-4-34-20-10-17(9-19(26)23(20)36-14-16-5-7-18(8-6-16)28(32)33)11-21-24(30)27(25(31)37-21)12-22(29)35-13-15(2)3/h5-11,15H,4,12-14H2,1-3H3/b21-11+. The van der Waals surface area contributed by atoms with E-state index in [2.05, 4.69) is 15.9 Å². The molecule has 0 spiro atoms. The van der Waals surface area contributed by atoms with Gasteiger partial charge >= 0.3 is 5.97 Å². The fourth-order valence-corrected chi connectivity index (χ4v) is 4.58. The molecule has 12 heteroatoms. The number of thioether (sulfide) groups is 1. The van der Waals surface area contributed by atoms with Crippen molar-refractivity contribution in [2.24, 2.45) is 5.92 Å². The molecule has 1 aliphatic rings. The molecule has 1 saturated heterocycles. The molecule has 0 N–H and O–H groups in total. The number of nitro benzene ring substituents is 1. The minimum Gasteiger partial charge on any atom is -0.490 e. The van der Waals surface area contributed by atoms with Crippen LogP contribution in [0.25, 0.3) is 6.08 Å². The zero-order valence-electron chi connectivity index (χ0n) is 20.4. The Morgan fingerprint density at radius 3 is 2.51 bits per heavy atom. The second-order valence-corrected chi connectivity index (χ2v) is 10.2. The van der Waals surface area contributed by atoms with E-state index in [4.69, 9.17) is 14.2 Å². The van der Waals surface area contributed by atoms with Crippen LogP contribution < -0.4 is 9.47 Å². The first-order valence-corrected chi connectivity index (χ1v) is 12.9. The summed E-state index contributed by atoms with van der Waals surface area (Å²) in [7, 11) is 0. The maximum Gasteiger partial charge on any atom is 0.326 e. The van der Waals surface area contributed by atoms with Crippen LogP contribution in [0.4, 0.5) is 10.5 Å². The van der Waals surface area contributed by atoms with Gasteiger partial charge in [0.2, 0.25) is 0 Å². The van der Waals surface area contributed by atoms with Crippen LogP contribution in [0.2, 0.25) is 0 Å². The number of carbonyl (C=O) groups is 3. The van der Waals surface area contributed by atoms with Gasteiger partial charge in [0.25, 0.3) is 16.8 Å². The predicted octanol–water partition coefficient (Wildman–Crippen LogP) is 5.57. The Morgan fingerprint density at radius 2 is 1.89 bits per heavy atom. The molecule has 0 bridgehead atoms. The van der Waals surface area contributed by atoms with Gasteiger partial charge in [0.15, 0.2) is 11.5 Å². The molecule has 0 radical (unpaired) electrons. The van der Waals surface area contributed by atoms with E-state index in [9.17, 15) is 24.5 Å². The van der Waals surface area contributed by atoms with Gasteiger partial charge in [0.1, 0.15) is 13.2 Å². The molecular formula is C25H25BrN2O8S. The van der Waals surface area contributed by atoms with Crippen LogP contribution in [0.1, 0.15) is 31.9 Å². The van der Waals surface area contributed by atoms with Crippen LogP contribution in [-0.4, -0.2) is 46.7 Å². The van der Waals surface area contributed by atoms with Crippen LogP contribution in [0.15, 0.2) is 45.8 Å². The largest absolute Gasteiger partial charge is 0.490 e. The highest BCUT2D eigenvalue weighted by Gasteiger charge is 2.36. The monoisotopic (exact) mass is 592 g/mol. The van der Waals surface area contributed by atoms with Gasteiger partial charge in [-0.1, -0.05) is 13.8 Å². The van der Waals surface area contributed by atoms with E-state index in [0.29, 0.717) is 28.1 Å². The number of nitro groups is 1. The smallest absolute Gasteiger partial charge is 0.326 e. The maximum absolute atomic E-state index is 12.8. The van der Waals surface area contributed by atoms with Crippen LogP contribution in [0, 0.1) is 16.0 Å². The average molecular weight is 593 g/mol. The molecule has 0 aromatic heterocycles. The number of esters is 1. The lowest BCUT2D eigenvalue weighted by atomic mass is 10.1. The quantitative estimate of drug-likeness (QED) is 0.142. The lowest BCUT2D eigenvalue weighted by Crippen LogP contribution is -2.34. The number of hydrogen-bond acceptors (Lipinski definition) is 9. The molecular weight excluding hydrogens is 568 g/mol. The van der Waals surface area contributed by atoms with E-state index in [1.165, 1.54) is 18.2 Å². The summed E-state index contributed by atoms with van der Waals surface area (Å²) in [5, 5.41) is 10.3. The number of nitrogens with zero attached hydrogens (tertiary/aromatic N) is 2. The Balaban J connectivity index is 1.76. The topological polar surface area (TPSA) is 125 Å². The molecule has 2 aromatic rings. The van der Waals surface area contributed by atoms with Crippen LogP contribution >= 0.6 is 27.7 Å². The highest BCUT2D eigenvalue weighted by atomic mass is 79.9. The number of benzene rings is 2. The number of rotatable bonds is 11. The van der Waals surface area contributed by atoms with Crippen molar-refractivity contribution in [2.75, 3.05) is 19.8 Å². The minimum atomic E-state index is -0.645. The van der Waals surface area contributed by atoms with Crippen molar-refractivity contribution in [1.82, 2.24) is 4.90 Å². The number of carbonyl (C=O) groups excluding carboxylic acids is 3. The SMILES string of the molecule is CCOc1cc(/C=C2/SC(=O)N(CC(=O)OCC(C)C)C2=O)cc(Br)c1OCc1ccc([N+](=O)[O-])cc1. The Bertz CT molecular complexity index is 1230. The number of non-ortho nitro benzene ring substituents is 1. The second-order valence-electron chi connectivity index (χ2n) is 8.32. The molecule has 10 nitrogen and oxygen atoms in total. The van der Waals surface area contributed by atoms with Crippen molar-refractivity contribution in [2.45, 2.75) is 27.4 Å². The molecule has 0 atom stereocenters. The maximum atomic E-state index is 12.8. The molecule has 0 saturated carbocycles.